The lowest BCUT2D eigenvalue weighted by atomic mass is 9.85. The van der Waals surface area contributed by atoms with Gasteiger partial charge in [0.1, 0.15) is 0 Å². The molecule has 9 rings (SSSR count). The molecule has 0 bridgehead atoms. The Hall–Kier alpha value is -7.02. The molecule has 0 fully saturated rings. The van der Waals surface area contributed by atoms with Crippen molar-refractivity contribution in [1.82, 2.24) is 19.1 Å². The largest absolute Gasteiger partial charge is 0.370 e. The zero-order valence-corrected chi connectivity index (χ0v) is 39.2. The van der Waals surface area contributed by atoms with Crippen LogP contribution in [0.3, 0.4) is 0 Å². The van der Waals surface area contributed by atoms with Crippen molar-refractivity contribution in [2.24, 2.45) is 0 Å². The standard InChI is InChI=1S/C58H56N6/c1-55(2,3)37-19-27-47-43(31-37)44-32-38(56(4,5)6)20-28-48(44)63(47)41-23-15-35(16-24-41)51-52(62-54(60-14)53(59-13)61-51)36-17-25-42(26-18-36)64-49-29-21-39(57(7,8)9)33-45(49)46-34-40(58(10,11)12)22-30-50(46)64/h15-34H,1-12H3. The summed E-state index contributed by atoms with van der Waals surface area (Å²) in [7, 11) is 0. The highest BCUT2D eigenvalue weighted by molar-refractivity contribution is 6.11. The minimum Gasteiger partial charge on any atom is -0.370 e. The minimum absolute atomic E-state index is 0.00400. The van der Waals surface area contributed by atoms with Crippen LogP contribution in [0, 0.1) is 13.1 Å². The second-order valence-corrected chi connectivity index (χ2v) is 21.5. The average Bonchev–Trinajstić information content (AvgIpc) is 3.76. The number of nitrogens with zero attached hydrogens (tertiary/aromatic N) is 6. The molecule has 0 amide bonds. The van der Waals surface area contributed by atoms with E-state index in [9.17, 15) is 0 Å². The van der Waals surface area contributed by atoms with Gasteiger partial charge in [0.2, 0.25) is 11.4 Å². The molecule has 6 nitrogen and oxygen atoms in total. The van der Waals surface area contributed by atoms with E-state index in [1.54, 1.807) is 0 Å². The lowest BCUT2D eigenvalue weighted by molar-refractivity contribution is 0.590. The summed E-state index contributed by atoms with van der Waals surface area (Å²) in [6, 6.07) is 44.2. The van der Waals surface area contributed by atoms with E-state index in [-0.39, 0.29) is 33.3 Å². The van der Waals surface area contributed by atoms with Gasteiger partial charge in [-0.25, -0.2) is 0 Å². The second kappa shape index (κ2) is 14.8. The average molecular weight is 837 g/mol. The summed E-state index contributed by atoms with van der Waals surface area (Å²) in [6.07, 6.45) is 0. The maximum atomic E-state index is 7.92. The van der Waals surface area contributed by atoms with E-state index in [0.29, 0.717) is 11.4 Å². The molecule has 0 aliphatic rings. The summed E-state index contributed by atoms with van der Waals surface area (Å²) in [5, 5.41) is 4.93. The Balaban J connectivity index is 1.16. The first kappa shape index (κ1) is 42.3. The maximum absolute atomic E-state index is 7.92. The fourth-order valence-corrected chi connectivity index (χ4v) is 8.98. The van der Waals surface area contributed by atoms with E-state index < -0.39 is 0 Å². The van der Waals surface area contributed by atoms with Crippen LogP contribution in [0.15, 0.2) is 121 Å². The van der Waals surface area contributed by atoms with Crippen molar-refractivity contribution in [3.8, 4) is 33.9 Å². The maximum Gasteiger partial charge on any atom is 0.294 e. The fourth-order valence-electron chi connectivity index (χ4n) is 8.98. The van der Waals surface area contributed by atoms with E-state index in [1.165, 1.54) is 43.8 Å². The van der Waals surface area contributed by atoms with Gasteiger partial charge in [-0.15, -0.1) is 9.97 Å². The minimum atomic E-state index is -0.00400. The molecule has 318 valence electrons. The first-order valence-electron chi connectivity index (χ1n) is 22.2. The predicted molar refractivity (Wildman–Crippen MR) is 269 cm³/mol. The molecule has 0 spiro atoms. The Morgan fingerprint density at radius 1 is 0.359 bits per heavy atom. The van der Waals surface area contributed by atoms with Gasteiger partial charge in [-0.2, -0.15) is 0 Å². The first-order valence-corrected chi connectivity index (χ1v) is 22.2. The van der Waals surface area contributed by atoms with Gasteiger partial charge in [-0.3, -0.25) is 0 Å². The first-order chi connectivity index (χ1) is 30.1. The molecular weight excluding hydrogens is 781 g/mol. The van der Waals surface area contributed by atoms with E-state index >= 15 is 0 Å². The van der Waals surface area contributed by atoms with Crippen molar-refractivity contribution in [1.29, 1.82) is 0 Å². The number of hydrogen-bond donors (Lipinski definition) is 0. The van der Waals surface area contributed by atoms with E-state index in [2.05, 4.69) is 223 Å². The molecule has 6 aromatic carbocycles. The van der Waals surface area contributed by atoms with Gasteiger partial charge in [0.05, 0.1) is 22.1 Å². The predicted octanol–water partition coefficient (Wildman–Crippen LogP) is 16.3. The third-order valence-corrected chi connectivity index (χ3v) is 12.9. The highest BCUT2D eigenvalue weighted by Crippen LogP contribution is 2.42. The fraction of sp³-hybridized carbons (Fsp3) is 0.276. The van der Waals surface area contributed by atoms with Crippen LogP contribution < -0.4 is 0 Å². The Morgan fingerprint density at radius 2 is 0.609 bits per heavy atom. The van der Waals surface area contributed by atoms with Gasteiger partial charge in [-0.05, 0) is 141 Å². The van der Waals surface area contributed by atoms with Crippen LogP contribution in [0.5, 0.6) is 0 Å². The molecule has 0 radical (unpaired) electrons. The van der Waals surface area contributed by atoms with Gasteiger partial charge in [0, 0.05) is 44.0 Å². The number of fused-ring (bicyclic) bond motifs is 6. The van der Waals surface area contributed by atoms with Crippen molar-refractivity contribution in [3.63, 3.8) is 0 Å². The van der Waals surface area contributed by atoms with Crippen molar-refractivity contribution >= 4 is 55.2 Å². The molecule has 0 atom stereocenters. The molecule has 0 aliphatic carbocycles. The van der Waals surface area contributed by atoms with Crippen molar-refractivity contribution < 1.29 is 0 Å². The van der Waals surface area contributed by atoms with Crippen molar-refractivity contribution in [2.75, 3.05) is 0 Å². The monoisotopic (exact) mass is 836 g/mol. The summed E-state index contributed by atoms with van der Waals surface area (Å²) < 4.78 is 4.68. The van der Waals surface area contributed by atoms with Gasteiger partial charge < -0.3 is 18.8 Å². The lowest BCUT2D eigenvalue weighted by Gasteiger charge is -2.19. The molecule has 0 aliphatic heterocycles. The number of rotatable bonds is 4. The third-order valence-electron chi connectivity index (χ3n) is 12.9. The molecule has 0 unspecified atom stereocenters. The van der Waals surface area contributed by atoms with Crippen LogP contribution >= 0.6 is 0 Å². The van der Waals surface area contributed by atoms with E-state index in [1.807, 2.05) is 0 Å². The van der Waals surface area contributed by atoms with E-state index in [0.717, 1.165) is 44.6 Å². The SMILES string of the molecule is [C-]#[N+]c1nc(-c2ccc(-n3c4ccc(C(C)(C)C)cc4c4cc(C(C)(C)C)ccc43)cc2)c(-c2ccc(-n3c4ccc(C(C)(C)C)cc4c4cc(C(C)(C)C)ccc43)cc2)nc1[N+]#[C-]. The lowest BCUT2D eigenvalue weighted by Crippen LogP contribution is -2.10. The van der Waals surface area contributed by atoms with Gasteiger partial charge in [0.15, 0.2) is 0 Å². The van der Waals surface area contributed by atoms with E-state index in [4.69, 9.17) is 23.1 Å². The van der Waals surface area contributed by atoms with Crippen LogP contribution in [0.25, 0.3) is 87.2 Å². The topological polar surface area (TPSA) is 44.4 Å². The zero-order valence-electron chi connectivity index (χ0n) is 39.2. The van der Waals surface area contributed by atoms with Crippen LogP contribution in [0.4, 0.5) is 11.6 Å². The summed E-state index contributed by atoms with van der Waals surface area (Å²) >= 11 is 0. The quantitative estimate of drug-likeness (QED) is 0.166. The summed E-state index contributed by atoms with van der Waals surface area (Å²) in [4.78, 5) is 16.9. The Morgan fingerprint density at radius 3 is 0.828 bits per heavy atom. The molecule has 64 heavy (non-hydrogen) atoms. The highest BCUT2D eigenvalue weighted by atomic mass is 15.0. The molecule has 0 saturated heterocycles. The number of benzene rings is 6. The second-order valence-electron chi connectivity index (χ2n) is 21.5. The van der Waals surface area contributed by atoms with Crippen LogP contribution in [0.2, 0.25) is 0 Å². The zero-order chi connectivity index (χ0) is 45.7. The number of aromatic nitrogens is 4. The van der Waals surface area contributed by atoms with Crippen LogP contribution in [-0.4, -0.2) is 19.1 Å². The highest BCUT2D eigenvalue weighted by Gasteiger charge is 2.26. The molecule has 9 aromatic rings. The molecule has 0 saturated carbocycles. The van der Waals surface area contributed by atoms with Crippen molar-refractivity contribution in [3.05, 3.63) is 166 Å². The van der Waals surface area contributed by atoms with Crippen LogP contribution in [-0.2, 0) is 21.7 Å². The molecular formula is C58H56N6. The Labute approximate surface area is 377 Å². The van der Waals surface area contributed by atoms with Crippen LogP contribution in [0.1, 0.15) is 105 Å². The Bertz CT molecular complexity index is 3030. The summed E-state index contributed by atoms with van der Waals surface area (Å²) in [6.45, 7) is 43.0. The molecule has 3 aromatic heterocycles. The number of hydrogen-bond acceptors (Lipinski definition) is 2. The molecule has 3 heterocycles. The molecule has 0 N–H and O–H groups in total. The van der Waals surface area contributed by atoms with Gasteiger partial charge >= 0.3 is 0 Å². The normalized spacial score (nSPS) is 12.7. The van der Waals surface area contributed by atoms with Gasteiger partial charge in [-0.1, -0.05) is 120 Å². The molecule has 6 heteroatoms. The smallest absolute Gasteiger partial charge is 0.294 e. The summed E-state index contributed by atoms with van der Waals surface area (Å²) in [5.41, 5.74) is 14.6. The van der Waals surface area contributed by atoms with Gasteiger partial charge in [0.25, 0.3) is 11.6 Å². The summed E-state index contributed by atoms with van der Waals surface area (Å²) in [5.74, 6) is -0.00800. The Kier molecular flexibility index (Phi) is 9.77. The van der Waals surface area contributed by atoms with Crippen molar-refractivity contribution in [2.45, 2.75) is 105 Å². The third kappa shape index (κ3) is 7.22.